The largest absolute Gasteiger partial charge is 0.421 e. The van der Waals surface area contributed by atoms with E-state index in [1.54, 1.807) is 0 Å². The predicted octanol–water partition coefficient (Wildman–Crippen LogP) is 13.3. The third-order valence-corrected chi connectivity index (χ3v) is 13.6. The van der Waals surface area contributed by atoms with Crippen molar-refractivity contribution in [2.24, 2.45) is 0 Å². The van der Waals surface area contributed by atoms with E-state index in [-0.39, 0.29) is 17.8 Å². The Balaban J connectivity index is 1.23. The molecule has 2 nitrogen and oxygen atoms in total. The molecule has 0 saturated heterocycles. The summed E-state index contributed by atoms with van der Waals surface area (Å²) in [4.78, 5) is 5.39. The van der Waals surface area contributed by atoms with Gasteiger partial charge in [-0.15, -0.1) is 0 Å². The maximum atomic E-state index is 2.70. The van der Waals surface area contributed by atoms with Gasteiger partial charge >= 0.3 is 6.98 Å². The molecule has 4 aliphatic rings. The number of para-hydroxylation sites is 2. The van der Waals surface area contributed by atoms with Gasteiger partial charge in [0, 0.05) is 55.8 Å². The molecule has 0 N–H and O–H groups in total. The van der Waals surface area contributed by atoms with Crippen LogP contribution >= 0.6 is 0 Å². The zero-order chi connectivity index (χ0) is 38.2. The molecule has 0 unspecified atom stereocenters. The third kappa shape index (κ3) is 4.27. The molecular weight excluding hydrogens is 687 g/mol. The summed E-state index contributed by atoms with van der Waals surface area (Å²) in [6.45, 7) is 9.37. The summed E-state index contributed by atoms with van der Waals surface area (Å²) in [6, 6.07) is 66.3. The van der Waals surface area contributed by atoms with Crippen LogP contribution in [0.3, 0.4) is 0 Å². The van der Waals surface area contributed by atoms with E-state index < -0.39 is 0 Å². The highest BCUT2D eigenvalue weighted by Crippen LogP contribution is 2.58. The summed E-state index contributed by atoms with van der Waals surface area (Å²) in [7, 11) is 0. The first kappa shape index (κ1) is 32.6. The molecule has 0 radical (unpaired) electrons. The topological polar surface area (TPSA) is 6.48 Å². The van der Waals surface area contributed by atoms with Gasteiger partial charge in [-0.2, -0.15) is 0 Å². The lowest BCUT2D eigenvalue weighted by atomic mass is 9.53. The monoisotopic (exact) mass is 728 g/mol. The number of nitrogens with zero attached hydrogens (tertiary/aromatic N) is 2. The van der Waals surface area contributed by atoms with Crippen LogP contribution in [0.2, 0.25) is 0 Å². The number of hydrogen-bond acceptors (Lipinski definition) is 2. The Morgan fingerprint density at radius 1 is 0.333 bits per heavy atom. The van der Waals surface area contributed by atoms with Gasteiger partial charge in [0.25, 0.3) is 0 Å². The lowest BCUT2D eigenvalue weighted by Gasteiger charge is -2.48. The third-order valence-electron chi connectivity index (χ3n) is 13.6. The fourth-order valence-electron chi connectivity index (χ4n) is 11.0. The van der Waals surface area contributed by atoms with Crippen LogP contribution < -0.4 is 15.1 Å². The maximum Gasteiger partial charge on any atom is 0.421 e. The zero-order valence-corrected chi connectivity index (χ0v) is 32.7. The standard InChI is InChI=1S/C54H41BN2/c1-53(2)42-24-12-8-22-38(42)50-44(53)26-16-30-48(50)56-46-28-14-10-20-36(46)40-32-35(34-18-6-5-7-19-34)33-41-37-21-11-15-29-47(37)57(55(56)52(40)41)49-31-17-27-45-51(49)39-23-9-13-25-43(39)54(45,3)4/h5-33H,1-4H3. The minimum Gasteiger partial charge on any atom is -0.361 e. The van der Waals surface area contributed by atoms with E-state index in [9.17, 15) is 0 Å². The molecule has 0 aromatic heterocycles. The molecule has 0 amide bonds. The van der Waals surface area contributed by atoms with Crippen LogP contribution in [0.15, 0.2) is 176 Å². The van der Waals surface area contributed by atoms with Crippen LogP contribution in [-0.2, 0) is 10.8 Å². The molecule has 3 heteroatoms. The van der Waals surface area contributed by atoms with Gasteiger partial charge in [0.2, 0.25) is 0 Å². The van der Waals surface area contributed by atoms with Crippen LogP contribution in [0.25, 0.3) is 55.6 Å². The van der Waals surface area contributed by atoms with Crippen molar-refractivity contribution in [3.05, 3.63) is 198 Å². The van der Waals surface area contributed by atoms with Gasteiger partial charge in [-0.05, 0) is 97.5 Å². The molecule has 8 aromatic carbocycles. The Kier molecular flexibility index (Phi) is 6.58. The molecule has 8 aromatic rings. The maximum absolute atomic E-state index is 2.70. The van der Waals surface area contributed by atoms with Crippen molar-refractivity contribution in [2.45, 2.75) is 38.5 Å². The van der Waals surface area contributed by atoms with Crippen LogP contribution in [0.5, 0.6) is 0 Å². The molecule has 0 spiro atoms. The Labute approximate surface area is 335 Å². The Morgan fingerprint density at radius 2 is 0.719 bits per heavy atom. The van der Waals surface area contributed by atoms with Crippen molar-refractivity contribution >= 4 is 35.2 Å². The second-order valence-electron chi connectivity index (χ2n) is 17.2. The van der Waals surface area contributed by atoms with Crippen LogP contribution in [0, 0.1) is 0 Å². The van der Waals surface area contributed by atoms with Crippen LogP contribution in [-0.4, -0.2) is 6.98 Å². The molecular formula is C54H41BN2. The lowest BCUT2D eigenvalue weighted by molar-refractivity contribution is 0.660. The molecule has 2 heterocycles. The van der Waals surface area contributed by atoms with E-state index >= 15 is 0 Å². The van der Waals surface area contributed by atoms with Crippen molar-refractivity contribution in [2.75, 3.05) is 9.62 Å². The smallest absolute Gasteiger partial charge is 0.361 e. The average molecular weight is 729 g/mol. The van der Waals surface area contributed by atoms with Crippen molar-refractivity contribution in [3.63, 3.8) is 0 Å². The molecule has 2 aliphatic carbocycles. The highest BCUT2D eigenvalue weighted by atomic mass is 15.2. The molecule has 12 rings (SSSR count). The van der Waals surface area contributed by atoms with E-state index in [1.165, 1.54) is 106 Å². The van der Waals surface area contributed by atoms with Gasteiger partial charge in [0.15, 0.2) is 0 Å². The van der Waals surface area contributed by atoms with Crippen molar-refractivity contribution in [1.82, 2.24) is 0 Å². The molecule has 0 atom stereocenters. The number of benzene rings is 8. The number of rotatable bonds is 3. The number of anilines is 4. The van der Waals surface area contributed by atoms with E-state index in [1.807, 2.05) is 0 Å². The summed E-state index contributed by atoms with van der Waals surface area (Å²) >= 11 is 0. The molecule has 2 aliphatic heterocycles. The molecule has 0 saturated carbocycles. The van der Waals surface area contributed by atoms with Crippen LogP contribution in [0.1, 0.15) is 49.9 Å². The quantitative estimate of drug-likeness (QED) is 0.167. The summed E-state index contributed by atoms with van der Waals surface area (Å²) in [6.07, 6.45) is 0. The normalized spacial score (nSPS) is 15.5. The minimum absolute atomic E-state index is 0.126. The highest BCUT2D eigenvalue weighted by Gasteiger charge is 2.50. The molecule has 270 valence electrons. The van der Waals surface area contributed by atoms with Gasteiger partial charge in [-0.1, -0.05) is 167 Å². The van der Waals surface area contributed by atoms with Gasteiger partial charge in [-0.3, -0.25) is 0 Å². The average Bonchev–Trinajstić information content (AvgIpc) is 3.64. The molecule has 0 fully saturated rings. The Morgan fingerprint density at radius 3 is 1.21 bits per heavy atom. The van der Waals surface area contributed by atoms with E-state index in [0.717, 1.165) is 0 Å². The van der Waals surface area contributed by atoms with Crippen molar-refractivity contribution in [1.29, 1.82) is 0 Å². The summed E-state index contributed by atoms with van der Waals surface area (Å²) in [5, 5.41) is 0. The fourth-order valence-corrected chi connectivity index (χ4v) is 11.0. The Bertz CT molecular complexity index is 2810. The van der Waals surface area contributed by atoms with Gasteiger partial charge < -0.3 is 9.62 Å². The molecule has 57 heavy (non-hydrogen) atoms. The summed E-state index contributed by atoms with van der Waals surface area (Å²) < 4.78 is 0. The Hall–Kier alpha value is -6.58. The summed E-state index contributed by atoms with van der Waals surface area (Å²) in [5.41, 5.74) is 24.5. The van der Waals surface area contributed by atoms with Crippen LogP contribution in [0.4, 0.5) is 22.7 Å². The van der Waals surface area contributed by atoms with E-state index in [0.29, 0.717) is 0 Å². The lowest BCUT2D eigenvalue weighted by Crippen LogP contribution is -2.62. The highest BCUT2D eigenvalue weighted by molar-refractivity contribution is 6.86. The molecule has 0 bridgehead atoms. The van der Waals surface area contributed by atoms with Gasteiger partial charge in [0.05, 0.1) is 0 Å². The van der Waals surface area contributed by atoms with Gasteiger partial charge in [-0.25, -0.2) is 0 Å². The second kappa shape index (κ2) is 11.5. The van der Waals surface area contributed by atoms with E-state index in [2.05, 4.69) is 213 Å². The van der Waals surface area contributed by atoms with Crippen molar-refractivity contribution < 1.29 is 0 Å². The second-order valence-corrected chi connectivity index (χ2v) is 17.2. The first-order valence-electron chi connectivity index (χ1n) is 20.3. The summed E-state index contributed by atoms with van der Waals surface area (Å²) in [5.74, 6) is 0. The van der Waals surface area contributed by atoms with Crippen molar-refractivity contribution in [3.8, 4) is 55.6 Å². The first-order valence-corrected chi connectivity index (χ1v) is 20.3. The minimum atomic E-state index is -0.186. The zero-order valence-electron chi connectivity index (χ0n) is 32.7. The first-order chi connectivity index (χ1) is 27.8. The fraction of sp³-hybridized carbons (Fsp3) is 0.111. The SMILES string of the molecule is CC1(C)c2ccccc2-c2c(N3B4c5c(cc(-c6ccccc6)cc5-c5ccccc5N4c4cccc5c4-c4ccccc4C5(C)C)-c4ccccc43)cccc21. The number of fused-ring (bicyclic) bond motifs is 10. The predicted molar refractivity (Wildman–Crippen MR) is 240 cm³/mol. The van der Waals surface area contributed by atoms with Gasteiger partial charge in [0.1, 0.15) is 0 Å². The number of hydrogen-bond donors (Lipinski definition) is 0. The van der Waals surface area contributed by atoms with E-state index in [4.69, 9.17) is 0 Å².